The van der Waals surface area contributed by atoms with Gasteiger partial charge in [0.1, 0.15) is 5.65 Å². The molecule has 0 unspecified atom stereocenters. The third kappa shape index (κ3) is 2.88. The number of fused-ring (bicyclic) bond motifs is 1. The molecule has 3 aromatic heterocycles. The highest BCUT2D eigenvalue weighted by atomic mass is 79.9. The van der Waals surface area contributed by atoms with Crippen LogP contribution >= 0.6 is 27.7 Å². The van der Waals surface area contributed by atoms with Crippen molar-refractivity contribution >= 4 is 33.3 Å². The average molecular weight is 349 g/mol. The summed E-state index contributed by atoms with van der Waals surface area (Å²) in [6.07, 6.45) is 5.09. The van der Waals surface area contributed by atoms with Crippen molar-refractivity contribution in [1.82, 2.24) is 19.4 Å². The van der Waals surface area contributed by atoms with Crippen LogP contribution in [0.2, 0.25) is 0 Å². The standard InChI is InChI=1S/C13H9BrN4OS/c14-9-2-3-11-17-10(6-12(19)18(11)7-9)8-20-13-15-4-1-5-16-13/h1-7H,8H2. The van der Waals surface area contributed by atoms with Gasteiger partial charge in [-0.2, -0.15) is 0 Å². The van der Waals surface area contributed by atoms with Crippen LogP contribution in [0.4, 0.5) is 0 Å². The third-order valence-electron chi connectivity index (χ3n) is 2.57. The molecule has 0 saturated heterocycles. The Labute approximate surface area is 127 Å². The molecule has 0 amide bonds. The van der Waals surface area contributed by atoms with Crippen LogP contribution in [0.3, 0.4) is 0 Å². The smallest absolute Gasteiger partial charge is 0.258 e. The SMILES string of the molecule is O=c1cc(CSc2ncccn2)nc2ccc(Br)cn12. The first-order chi connectivity index (χ1) is 9.72. The predicted octanol–water partition coefficient (Wildman–Crippen LogP) is 2.54. The maximum atomic E-state index is 12.0. The van der Waals surface area contributed by atoms with Gasteiger partial charge in [-0.1, -0.05) is 11.8 Å². The van der Waals surface area contributed by atoms with Gasteiger partial charge in [0.2, 0.25) is 0 Å². The number of aromatic nitrogens is 4. The molecule has 7 heteroatoms. The summed E-state index contributed by atoms with van der Waals surface area (Å²) in [6, 6.07) is 6.97. The van der Waals surface area contributed by atoms with Crippen molar-refractivity contribution in [3.63, 3.8) is 0 Å². The van der Waals surface area contributed by atoms with Crippen LogP contribution in [0.5, 0.6) is 0 Å². The van der Waals surface area contributed by atoms with E-state index < -0.39 is 0 Å². The topological polar surface area (TPSA) is 60.2 Å². The fourth-order valence-electron chi connectivity index (χ4n) is 1.70. The largest absolute Gasteiger partial charge is 0.269 e. The molecular formula is C13H9BrN4OS. The summed E-state index contributed by atoms with van der Waals surface area (Å²) < 4.78 is 2.35. The lowest BCUT2D eigenvalue weighted by Crippen LogP contribution is -2.15. The van der Waals surface area contributed by atoms with Crippen LogP contribution in [0.1, 0.15) is 5.69 Å². The summed E-state index contributed by atoms with van der Waals surface area (Å²) in [4.78, 5) is 24.7. The highest BCUT2D eigenvalue weighted by Crippen LogP contribution is 2.17. The summed E-state index contributed by atoms with van der Waals surface area (Å²) >= 11 is 4.79. The first kappa shape index (κ1) is 13.3. The highest BCUT2D eigenvalue weighted by molar-refractivity contribution is 9.10. The molecule has 0 spiro atoms. The monoisotopic (exact) mass is 348 g/mol. The fourth-order valence-corrected chi connectivity index (χ4v) is 2.73. The van der Waals surface area contributed by atoms with Gasteiger partial charge < -0.3 is 0 Å². The van der Waals surface area contributed by atoms with Crippen molar-refractivity contribution in [3.05, 3.63) is 63.4 Å². The number of pyridine rings is 1. The molecule has 100 valence electrons. The quantitative estimate of drug-likeness (QED) is 0.537. The molecule has 0 fully saturated rings. The lowest BCUT2D eigenvalue weighted by molar-refractivity contribution is 0.961. The Kier molecular flexibility index (Phi) is 3.79. The molecular weight excluding hydrogens is 340 g/mol. The molecule has 20 heavy (non-hydrogen) atoms. The second-order valence-corrected chi connectivity index (χ2v) is 5.84. The van der Waals surface area contributed by atoms with E-state index in [0.717, 1.165) is 10.2 Å². The zero-order valence-electron chi connectivity index (χ0n) is 10.2. The second-order valence-electron chi connectivity index (χ2n) is 3.98. The van der Waals surface area contributed by atoms with E-state index in [-0.39, 0.29) is 5.56 Å². The van der Waals surface area contributed by atoms with E-state index in [9.17, 15) is 4.79 Å². The Balaban J connectivity index is 1.89. The predicted molar refractivity (Wildman–Crippen MR) is 80.8 cm³/mol. The van der Waals surface area contributed by atoms with Gasteiger partial charge >= 0.3 is 0 Å². The minimum Gasteiger partial charge on any atom is -0.269 e. The molecule has 0 aliphatic carbocycles. The summed E-state index contributed by atoms with van der Waals surface area (Å²) in [5.41, 5.74) is 1.25. The van der Waals surface area contributed by atoms with Gasteiger partial charge in [-0.05, 0) is 34.1 Å². The van der Waals surface area contributed by atoms with Crippen molar-refractivity contribution in [3.8, 4) is 0 Å². The van der Waals surface area contributed by atoms with E-state index in [2.05, 4.69) is 30.9 Å². The van der Waals surface area contributed by atoms with Gasteiger partial charge in [-0.15, -0.1) is 0 Å². The summed E-state index contributed by atoms with van der Waals surface area (Å²) in [6.45, 7) is 0. The van der Waals surface area contributed by atoms with E-state index in [4.69, 9.17) is 0 Å². The Morgan fingerprint density at radius 2 is 2.05 bits per heavy atom. The molecule has 0 bridgehead atoms. The van der Waals surface area contributed by atoms with Crippen LogP contribution in [0, 0.1) is 0 Å². The maximum absolute atomic E-state index is 12.0. The molecule has 3 heterocycles. The fraction of sp³-hybridized carbons (Fsp3) is 0.0769. The van der Waals surface area contributed by atoms with Crippen LogP contribution in [-0.2, 0) is 5.75 Å². The number of rotatable bonds is 3. The molecule has 0 saturated carbocycles. The van der Waals surface area contributed by atoms with Crippen molar-refractivity contribution in [2.24, 2.45) is 0 Å². The normalized spacial score (nSPS) is 10.8. The van der Waals surface area contributed by atoms with Crippen molar-refractivity contribution in [2.45, 2.75) is 10.9 Å². The van der Waals surface area contributed by atoms with E-state index in [1.807, 2.05) is 6.07 Å². The summed E-state index contributed by atoms with van der Waals surface area (Å²) in [7, 11) is 0. The lowest BCUT2D eigenvalue weighted by atomic mass is 10.4. The minimum atomic E-state index is -0.0964. The van der Waals surface area contributed by atoms with Crippen LogP contribution < -0.4 is 5.56 Å². The molecule has 0 aliphatic rings. The molecule has 0 aromatic carbocycles. The van der Waals surface area contributed by atoms with Gasteiger partial charge in [-0.3, -0.25) is 9.20 Å². The maximum Gasteiger partial charge on any atom is 0.258 e. The third-order valence-corrected chi connectivity index (χ3v) is 3.95. The van der Waals surface area contributed by atoms with Crippen LogP contribution in [-0.4, -0.2) is 19.4 Å². The van der Waals surface area contributed by atoms with Crippen molar-refractivity contribution < 1.29 is 0 Å². The zero-order chi connectivity index (χ0) is 13.9. The van der Waals surface area contributed by atoms with Gasteiger partial charge in [0.05, 0.1) is 5.69 Å². The Hall–Kier alpha value is -1.73. The number of thioether (sulfide) groups is 1. The molecule has 0 N–H and O–H groups in total. The van der Waals surface area contributed by atoms with Gasteiger partial charge in [0, 0.05) is 34.9 Å². The van der Waals surface area contributed by atoms with Gasteiger partial charge in [0.15, 0.2) is 5.16 Å². The van der Waals surface area contributed by atoms with E-state index in [1.54, 1.807) is 30.7 Å². The van der Waals surface area contributed by atoms with Crippen LogP contribution in [0.15, 0.2) is 57.3 Å². The summed E-state index contributed by atoms with van der Waals surface area (Å²) in [5.74, 6) is 0.561. The molecule has 0 aliphatic heterocycles. The van der Waals surface area contributed by atoms with Gasteiger partial charge in [0.25, 0.3) is 5.56 Å². The molecule has 3 aromatic rings. The van der Waals surface area contributed by atoms with E-state index in [1.165, 1.54) is 22.2 Å². The van der Waals surface area contributed by atoms with Crippen molar-refractivity contribution in [1.29, 1.82) is 0 Å². The molecule has 0 atom stereocenters. The Morgan fingerprint density at radius 1 is 1.25 bits per heavy atom. The van der Waals surface area contributed by atoms with E-state index >= 15 is 0 Å². The molecule has 5 nitrogen and oxygen atoms in total. The number of nitrogens with zero attached hydrogens (tertiary/aromatic N) is 4. The highest BCUT2D eigenvalue weighted by Gasteiger charge is 2.04. The minimum absolute atomic E-state index is 0.0964. The Morgan fingerprint density at radius 3 is 2.85 bits per heavy atom. The number of halogens is 1. The molecule has 3 rings (SSSR count). The first-order valence-electron chi connectivity index (χ1n) is 5.80. The van der Waals surface area contributed by atoms with Crippen LogP contribution in [0.25, 0.3) is 5.65 Å². The second kappa shape index (κ2) is 5.72. The van der Waals surface area contributed by atoms with Crippen molar-refractivity contribution in [2.75, 3.05) is 0 Å². The Bertz CT molecular complexity index is 806. The number of hydrogen-bond donors (Lipinski definition) is 0. The zero-order valence-corrected chi connectivity index (χ0v) is 12.6. The lowest BCUT2D eigenvalue weighted by Gasteiger charge is -2.04. The van der Waals surface area contributed by atoms with E-state index in [0.29, 0.717) is 16.6 Å². The molecule has 0 radical (unpaired) electrons. The average Bonchev–Trinajstić information content (AvgIpc) is 2.47. The summed E-state index contributed by atoms with van der Waals surface area (Å²) in [5, 5.41) is 0.672. The number of hydrogen-bond acceptors (Lipinski definition) is 5. The van der Waals surface area contributed by atoms with Gasteiger partial charge in [-0.25, -0.2) is 15.0 Å². The first-order valence-corrected chi connectivity index (χ1v) is 7.58.